The number of nitrogens with zero attached hydrogens (tertiary/aromatic N) is 4. The number of methoxy groups -OCH3 is 1. The second-order valence-electron chi connectivity index (χ2n) is 9.08. The largest absolute Gasteiger partial charge is 0.382 e. The highest BCUT2D eigenvalue weighted by Gasteiger charge is 2.43. The fraction of sp³-hybridized carbons (Fsp3) is 0.222. The number of pyridine rings is 1. The molecule has 164 valence electrons. The molecule has 1 aliphatic carbocycles. The standard InChI is InChI=1S/C27H25N5O/c1-27(33-2)15-20(16-27)26-31-23(24-25(28)29-12-13-32(24)26)19-9-8-18-10-11-21(30-22(18)14-19)17-6-4-3-5-7-17/h3-14,20H,15-16H2,1-2H3,(H2,28,29). The van der Waals surface area contributed by atoms with Crippen molar-refractivity contribution in [2.75, 3.05) is 12.8 Å². The first-order chi connectivity index (χ1) is 16.0. The van der Waals surface area contributed by atoms with Gasteiger partial charge in [0.2, 0.25) is 0 Å². The van der Waals surface area contributed by atoms with E-state index in [0.29, 0.717) is 11.7 Å². The number of aromatic nitrogens is 4. The lowest BCUT2D eigenvalue weighted by Gasteiger charge is -2.43. The summed E-state index contributed by atoms with van der Waals surface area (Å²) in [6.07, 6.45) is 5.56. The molecule has 6 nitrogen and oxygen atoms in total. The molecule has 1 aliphatic rings. The molecular formula is C27H25N5O. The number of benzene rings is 2. The maximum atomic E-state index is 6.35. The van der Waals surface area contributed by atoms with Gasteiger partial charge in [0.1, 0.15) is 22.9 Å². The Morgan fingerprint density at radius 2 is 1.79 bits per heavy atom. The Morgan fingerprint density at radius 1 is 1.00 bits per heavy atom. The van der Waals surface area contributed by atoms with E-state index < -0.39 is 0 Å². The molecule has 6 heteroatoms. The Hall–Kier alpha value is -3.77. The van der Waals surface area contributed by atoms with Gasteiger partial charge in [-0.15, -0.1) is 0 Å². The van der Waals surface area contributed by atoms with Crippen molar-refractivity contribution in [3.63, 3.8) is 0 Å². The molecule has 3 aromatic heterocycles. The van der Waals surface area contributed by atoms with Gasteiger partial charge >= 0.3 is 0 Å². The van der Waals surface area contributed by atoms with Crippen molar-refractivity contribution in [1.29, 1.82) is 0 Å². The summed E-state index contributed by atoms with van der Waals surface area (Å²) < 4.78 is 7.76. The van der Waals surface area contributed by atoms with Crippen LogP contribution < -0.4 is 5.73 Å². The summed E-state index contributed by atoms with van der Waals surface area (Å²) in [4.78, 5) is 14.4. The van der Waals surface area contributed by atoms with E-state index in [-0.39, 0.29) is 5.60 Å². The number of nitrogen functional groups attached to an aromatic ring is 1. The molecule has 6 rings (SSSR count). The van der Waals surface area contributed by atoms with Crippen molar-refractivity contribution in [1.82, 2.24) is 19.4 Å². The van der Waals surface area contributed by atoms with Crippen LogP contribution in [0.3, 0.4) is 0 Å². The van der Waals surface area contributed by atoms with Gasteiger partial charge in [-0.1, -0.05) is 48.5 Å². The van der Waals surface area contributed by atoms with Crippen molar-refractivity contribution < 1.29 is 4.74 Å². The molecule has 0 aliphatic heterocycles. The van der Waals surface area contributed by atoms with E-state index in [2.05, 4.69) is 58.8 Å². The molecule has 1 fully saturated rings. The van der Waals surface area contributed by atoms with Crippen LogP contribution in [0.1, 0.15) is 31.5 Å². The third-order valence-corrected chi connectivity index (χ3v) is 6.86. The molecule has 3 heterocycles. The maximum absolute atomic E-state index is 6.35. The van der Waals surface area contributed by atoms with Gasteiger partial charge in [0.05, 0.1) is 16.8 Å². The number of fused-ring (bicyclic) bond motifs is 2. The van der Waals surface area contributed by atoms with Gasteiger partial charge in [0.15, 0.2) is 0 Å². The van der Waals surface area contributed by atoms with Gasteiger partial charge < -0.3 is 10.5 Å². The highest BCUT2D eigenvalue weighted by atomic mass is 16.5. The predicted molar refractivity (Wildman–Crippen MR) is 131 cm³/mol. The lowest BCUT2D eigenvalue weighted by Crippen LogP contribution is -2.41. The number of rotatable bonds is 4. The molecule has 2 N–H and O–H groups in total. The normalized spacial score (nSPS) is 20.2. The minimum atomic E-state index is -0.0874. The third-order valence-electron chi connectivity index (χ3n) is 6.86. The van der Waals surface area contributed by atoms with Crippen molar-refractivity contribution in [2.45, 2.75) is 31.3 Å². The molecule has 0 radical (unpaired) electrons. The Balaban J connectivity index is 1.48. The Morgan fingerprint density at radius 3 is 2.58 bits per heavy atom. The van der Waals surface area contributed by atoms with E-state index in [0.717, 1.165) is 57.6 Å². The van der Waals surface area contributed by atoms with Crippen LogP contribution in [-0.2, 0) is 4.74 Å². The zero-order valence-electron chi connectivity index (χ0n) is 18.7. The van der Waals surface area contributed by atoms with Crippen LogP contribution in [0.25, 0.3) is 38.9 Å². The van der Waals surface area contributed by atoms with Gasteiger partial charge in [-0.25, -0.2) is 15.0 Å². The highest BCUT2D eigenvalue weighted by Crippen LogP contribution is 2.47. The van der Waals surface area contributed by atoms with E-state index in [1.165, 1.54) is 0 Å². The number of anilines is 1. The SMILES string of the molecule is COC1(C)CC(c2nc(-c3ccc4ccc(-c5ccccc5)nc4c3)c3c(N)nccn23)C1. The van der Waals surface area contributed by atoms with Crippen LogP contribution in [0.2, 0.25) is 0 Å². The molecule has 33 heavy (non-hydrogen) atoms. The fourth-order valence-corrected chi connectivity index (χ4v) is 4.94. The van der Waals surface area contributed by atoms with E-state index in [4.69, 9.17) is 20.4 Å². The van der Waals surface area contributed by atoms with Gasteiger partial charge in [-0.2, -0.15) is 0 Å². The van der Waals surface area contributed by atoms with Crippen LogP contribution in [0.15, 0.2) is 73.1 Å². The minimum absolute atomic E-state index is 0.0874. The summed E-state index contributed by atoms with van der Waals surface area (Å²) in [5.74, 6) is 1.81. The molecule has 1 saturated carbocycles. The van der Waals surface area contributed by atoms with Gasteiger partial charge in [0, 0.05) is 41.9 Å². The van der Waals surface area contributed by atoms with Gasteiger partial charge in [-0.05, 0) is 31.9 Å². The van der Waals surface area contributed by atoms with Gasteiger partial charge in [0.25, 0.3) is 0 Å². The Bertz CT molecular complexity index is 1490. The minimum Gasteiger partial charge on any atom is -0.382 e. The molecule has 0 atom stereocenters. The first-order valence-electron chi connectivity index (χ1n) is 11.2. The molecule has 0 spiro atoms. The molecular weight excluding hydrogens is 410 g/mol. The number of hydrogen-bond donors (Lipinski definition) is 1. The zero-order valence-corrected chi connectivity index (χ0v) is 18.7. The second kappa shape index (κ2) is 7.39. The maximum Gasteiger partial charge on any atom is 0.150 e. The topological polar surface area (TPSA) is 78.3 Å². The van der Waals surface area contributed by atoms with Crippen LogP contribution in [-0.4, -0.2) is 32.1 Å². The molecule has 0 amide bonds. The van der Waals surface area contributed by atoms with Crippen LogP contribution in [0.4, 0.5) is 5.82 Å². The predicted octanol–water partition coefficient (Wildman–Crippen LogP) is 5.48. The van der Waals surface area contributed by atoms with Gasteiger partial charge in [-0.3, -0.25) is 4.40 Å². The van der Waals surface area contributed by atoms with Crippen molar-refractivity contribution in [2.24, 2.45) is 0 Å². The van der Waals surface area contributed by atoms with E-state index in [9.17, 15) is 0 Å². The summed E-state index contributed by atoms with van der Waals surface area (Å²) in [5, 5.41) is 1.09. The smallest absolute Gasteiger partial charge is 0.150 e. The van der Waals surface area contributed by atoms with Crippen molar-refractivity contribution in [3.05, 3.63) is 78.9 Å². The number of hydrogen-bond acceptors (Lipinski definition) is 5. The van der Waals surface area contributed by atoms with Crippen molar-refractivity contribution >= 4 is 22.2 Å². The summed E-state index contributed by atoms with van der Waals surface area (Å²) in [6.45, 7) is 2.15. The van der Waals surface area contributed by atoms with Crippen molar-refractivity contribution in [3.8, 4) is 22.5 Å². The summed E-state index contributed by atoms with van der Waals surface area (Å²) in [6, 6.07) is 20.7. The number of imidazole rings is 1. The summed E-state index contributed by atoms with van der Waals surface area (Å²) >= 11 is 0. The van der Waals surface area contributed by atoms with E-state index >= 15 is 0 Å². The Labute approximate surface area is 192 Å². The first-order valence-corrected chi connectivity index (χ1v) is 11.2. The van der Waals surface area contributed by atoms with Crippen LogP contribution >= 0.6 is 0 Å². The highest BCUT2D eigenvalue weighted by molar-refractivity contribution is 5.91. The summed E-state index contributed by atoms with van der Waals surface area (Å²) in [5.41, 5.74) is 11.9. The molecule has 2 aromatic carbocycles. The number of nitrogens with two attached hydrogens (primary N) is 1. The Kier molecular flexibility index (Phi) is 4.45. The molecule has 0 unspecified atom stereocenters. The summed E-state index contributed by atoms with van der Waals surface area (Å²) in [7, 11) is 1.78. The monoisotopic (exact) mass is 435 g/mol. The lowest BCUT2D eigenvalue weighted by atomic mass is 9.71. The average Bonchev–Trinajstić information content (AvgIpc) is 3.22. The average molecular weight is 436 g/mol. The molecule has 0 bridgehead atoms. The quantitative estimate of drug-likeness (QED) is 0.405. The van der Waals surface area contributed by atoms with E-state index in [1.807, 2.05) is 24.4 Å². The third kappa shape index (κ3) is 3.26. The second-order valence-corrected chi connectivity index (χ2v) is 9.08. The fourth-order valence-electron chi connectivity index (χ4n) is 4.94. The number of ether oxygens (including phenoxy) is 1. The van der Waals surface area contributed by atoms with E-state index in [1.54, 1.807) is 13.3 Å². The molecule has 5 aromatic rings. The lowest BCUT2D eigenvalue weighted by molar-refractivity contribution is -0.0708. The van der Waals surface area contributed by atoms with Crippen LogP contribution in [0.5, 0.6) is 0 Å². The zero-order chi connectivity index (χ0) is 22.6. The van der Waals surface area contributed by atoms with Crippen LogP contribution in [0, 0.1) is 0 Å². The molecule has 0 saturated heterocycles. The first kappa shape index (κ1) is 19.9.